The van der Waals surface area contributed by atoms with Gasteiger partial charge in [-0.1, -0.05) is 26.2 Å². The first-order valence-corrected chi connectivity index (χ1v) is 13.3. The third-order valence-electron chi connectivity index (χ3n) is 3.04. The minimum Gasteiger partial charge on any atom is -0.385 e. The number of methoxy groups -OCH3 is 2. The van der Waals surface area contributed by atoms with E-state index in [4.69, 9.17) is 9.47 Å². The monoisotopic (exact) mass is 286 g/mol. The average Bonchev–Trinajstić information content (AvgIpc) is 2.27. The first-order valence-electron chi connectivity index (χ1n) is 6.85. The molecule has 0 saturated heterocycles. The van der Waals surface area contributed by atoms with Crippen molar-refractivity contribution in [2.24, 2.45) is 0 Å². The molecule has 0 atom stereocenters. The van der Waals surface area contributed by atoms with Gasteiger partial charge in [0.1, 0.15) is 16.1 Å². The van der Waals surface area contributed by atoms with E-state index in [9.17, 15) is 0 Å². The smallest absolute Gasteiger partial charge is 0.131 e. The summed E-state index contributed by atoms with van der Waals surface area (Å²) in [6, 6.07) is 2.49. The lowest BCUT2D eigenvalue weighted by atomic mass is 10.5. The van der Waals surface area contributed by atoms with Crippen LogP contribution in [0.1, 0.15) is 12.8 Å². The number of ether oxygens (including phenoxy) is 2. The molecular weight excluding hydrogens is 256 g/mol. The van der Waals surface area contributed by atoms with Gasteiger partial charge in [0.15, 0.2) is 0 Å². The quantitative estimate of drug-likeness (QED) is 0.386. The molecular formula is C14H30O2Si2. The van der Waals surface area contributed by atoms with Gasteiger partial charge in [-0.2, -0.15) is 0 Å². The Morgan fingerprint density at radius 2 is 1.06 bits per heavy atom. The van der Waals surface area contributed by atoms with Crippen molar-refractivity contribution < 1.29 is 9.47 Å². The normalized spacial score (nSPS) is 12.1. The van der Waals surface area contributed by atoms with Crippen molar-refractivity contribution in [1.29, 1.82) is 0 Å². The molecule has 2 nitrogen and oxygen atoms in total. The van der Waals surface area contributed by atoms with E-state index in [0.717, 1.165) is 26.1 Å². The standard InChI is InChI=1S/C14H30O2Si2/c1-15-9-7-11-17(3,4)13-14-18(5,6)12-8-10-16-2/h7-12H2,1-6H3. The first kappa shape index (κ1) is 17.9. The second-order valence-corrected chi connectivity index (χ2v) is 15.2. The van der Waals surface area contributed by atoms with E-state index in [1.54, 1.807) is 14.2 Å². The van der Waals surface area contributed by atoms with Gasteiger partial charge in [0, 0.05) is 27.4 Å². The molecule has 18 heavy (non-hydrogen) atoms. The van der Waals surface area contributed by atoms with Crippen LogP contribution in [0, 0.1) is 11.1 Å². The summed E-state index contributed by atoms with van der Waals surface area (Å²) in [6.45, 7) is 11.2. The van der Waals surface area contributed by atoms with Crippen LogP contribution < -0.4 is 0 Å². The van der Waals surface area contributed by atoms with E-state index in [1.165, 1.54) is 12.1 Å². The summed E-state index contributed by atoms with van der Waals surface area (Å²) in [5.41, 5.74) is 7.28. The van der Waals surface area contributed by atoms with Crippen LogP contribution in [0.25, 0.3) is 0 Å². The van der Waals surface area contributed by atoms with Crippen molar-refractivity contribution in [2.45, 2.75) is 51.1 Å². The first-order chi connectivity index (χ1) is 8.33. The van der Waals surface area contributed by atoms with Gasteiger partial charge in [-0.25, -0.2) is 0 Å². The third kappa shape index (κ3) is 9.89. The van der Waals surface area contributed by atoms with Crippen LogP contribution in [-0.4, -0.2) is 43.6 Å². The number of hydrogen-bond donors (Lipinski definition) is 0. The average molecular weight is 287 g/mol. The molecule has 0 radical (unpaired) electrons. The van der Waals surface area contributed by atoms with E-state index in [2.05, 4.69) is 37.3 Å². The summed E-state index contributed by atoms with van der Waals surface area (Å²) in [4.78, 5) is 0. The van der Waals surface area contributed by atoms with Gasteiger partial charge < -0.3 is 9.47 Å². The van der Waals surface area contributed by atoms with Crippen LogP contribution in [0.4, 0.5) is 0 Å². The van der Waals surface area contributed by atoms with Gasteiger partial charge in [-0.05, 0) is 24.9 Å². The topological polar surface area (TPSA) is 18.5 Å². The fraction of sp³-hybridized carbons (Fsp3) is 0.857. The number of hydrogen-bond acceptors (Lipinski definition) is 2. The molecule has 0 rings (SSSR count). The molecule has 0 bridgehead atoms. The largest absolute Gasteiger partial charge is 0.385 e. The molecule has 0 aliphatic heterocycles. The van der Waals surface area contributed by atoms with Crippen molar-refractivity contribution in [3.63, 3.8) is 0 Å². The Kier molecular flexibility index (Phi) is 8.88. The second kappa shape index (κ2) is 8.92. The van der Waals surface area contributed by atoms with Gasteiger partial charge in [-0.15, -0.1) is 11.1 Å². The maximum Gasteiger partial charge on any atom is 0.131 e. The van der Waals surface area contributed by atoms with E-state index >= 15 is 0 Å². The SMILES string of the molecule is COCCC[Si](C)(C)C#C[Si](C)(C)CCCOC. The molecule has 0 saturated carbocycles. The highest BCUT2D eigenvalue weighted by atomic mass is 28.3. The number of rotatable bonds is 8. The predicted molar refractivity (Wildman–Crippen MR) is 85.3 cm³/mol. The van der Waals surface area contributed by atoms with Crippen LogP contribution in [0.5, 0.6) is 0 Å². The lowest BCUT2D eigenvalue weighted by Crippen LogP contribution is -2.28. The summed E-state index contributed by atoms with van der Waals surface area (Å²) in [6.07, 6.45) is 2.30. The van der Waals surface area contributed by atoms with E-state index in [0.29, 0.717) is 0 Å². The van der Waals surface area contributed by atoms with Crippen molar-refractivity contribution in [2.75, 3.05) is 27.4 Å². The predicted octanol–water partition coefficient (Wildman–Crippen LogP) is 3.56. The zero-order chi connectivity index (χ0) is 14.1. The Morgan fingerprint density at radius 3 is 1.33 bits per heavy atom. The fourth-order valence-electron chi connectivity index (χ4n) is 1.78. The Bertz CT molecular complexity index is 251. The van der Waals surface area contributed by atoms with Crippen LogP contribution in [0.2, 0.25) is 38.3 Å². The van der Waals surface area contributed by atoms with Crippen LogP contribution in [0.3, 0.4) is 0 Å². The molecule has 0 aliphatic carbocycles. The van der Waals surface area contributed by atoms with Gasteiger partial charge in [0.25, 0.3) is 0 Å². The lowest BCUT2D eigenvalue weighted by molar-refractivity contribution is 0.199. The van der Waals surface area contributed by atoms with Gasteiger partial charge in [-0.3, -0.25) is 0 Å². The molecule has 0 unspecified atom stereocenters. The maximum atomic E-state index is 5.12. The maximum absolute atomic E-state index is 5.12. The summed E-state index contributed by atoms with van der Waals surface area (Å²) in [5, 5.41) is 0. The molecule has 0 N–H and O–H groups in total. The van der Waals surface area contributed by atoms with Crippen molar-refractivity contribution in [1.82, 2.24) is 0 Å². The summed E-state index contributed by atoms with van der Waals surface area (Å²) in [7, 11) is 0.869. The molecule has 4 heteroatoms. The Balaban J connectivity index is 4.24. The van der Waals surface area contributed by atoms with E-state index in [-0.39, 0.29) is 0 Å². The molecule has 106 valence electrons. The van der Waals surface area contributed by atoms with Crippen LogP contribution in [0.15, 0.2) is 0 Å². The van der Waals surface area contributed by atoms with Gasteiger partial charge in [0.05, 0.1) is 0 Å². The zero-order valence-corrected chi connectivity index (χ0v) is 15.1. The Hall–Kier alpha value is -0.0862. The molecule has 0 aromatic heterocycles. The third-order valence-corrected chi connectivity index (χ3v) is 8.10. The minimum absolute atomic E-state index is 0.868. The molecule has 0 aromatic rings. The Morgan fingerprint density at radius 1 is 0.722 bits per heavy atom. The molecule has 0 aromatic carbocycles. The van der Waals surface area contributed by atoms with Crippen molar-refractivity contribution >= 4 is 16.1 Å². The highest BCUT2D eigenvalue weighted by Gasteiger charge is 2.21. The van der Waals surface area contributed by atoms with Gasteiger partial charge in [0.2, 0.25) is 0 Å². The summed E-state index contributed by atoms with van der Waals surface area (Å²) < 4.78 is 10.2. The summed E-state index contributed by atoms with van der Waals surface area (Å²) in [5.74, 6) is 0. The molecule has 0 spiro atoms. The Labute approximate surface area is 115 Å². The van der Waals surface area contributed by atoms with Gasteiger partial charge >= 0.3 is 0 Å². The molecule has 0 amide bonds. The van der Waals surface area contributed by atoms with E-state index in [1.807, 2.05) is 0 Å². The van der Waals surface area contributed by atoms with Crippen LogP contribution >= 0.6 is 0 Å². The second-order valence-electron chi connectivity index (χ2n) is 6.21. The summed E-state index contributed by atoms with van der Waals surface area (Å²) >= 11 is 0. The van der Waals surface area contributed by atoms with Crippen LogP contribution in [-0.2, 0) is 9.47 Å². The van der Waals surface area contributed by atoms with E-state index < -0.39 is 16.1 Å². The highest BCUT2D eigenvalue weighted by Crippen LogP contribution is 2.14. The molecule has 0 aliphatic rings. The minimum atomic E-state index is -1.34. The lowest BCUT2D eigenvalue weighted by Gasteiger charge is -2.18. The van der Waals surface area contributed by atoms with Crippen molar-refractivity contribution in [3.05, 3.63) is 0 Å². The fourth-order valence-corrected chi connectivity index (χ4v) is 6.79. The highest BCUT2D eigenvalue weighted by molar-refractivity contribution is 6.90. The zero-order valence-electron chi connectivity index (χ0n) is 13.1. The molecule has 0 fully saturated rings. The molecule has 0 heterocycles. The van der Waals surface area contributed by atoms with Crippen molar-refractivity contribution in [3.8, 4) is 11.1 Å².